The molecule has 0 radical (unpaired) electrons. The van der Waals surface area contributed by atoms with Gasteiger partial charge in [-0.05, 0) is 38.6 Å². The van der Waals surface area contributed by atoms with Gasteiger partial charge < -0.3 is 9.64 Å². The lowest BCUT2D eigenvalue weighted by atomic mass is 10.1. The minimum atomic E-state index is 0.371. The summed E-state index contributed by atoms with van der Waals surface area (Å²) in [5.74, 6) is 0.993. The first-order valence-electron chi connectivity index (χ1n) is 7.25. The van der Waals surface area contributed by atoms with Gasteiger partial charge >= 0.3 is 0 Å². The van der Waals surface area contributed by atoms with Crippen LogP contribution in [0.3, 0.4) is 0 Å². The Morgan fingerprint density at radius 2 is 1.67 bits per heavy atom. The lowest BCUT2D eigenvalue weighted by Gasteiger charge is -2.29. The largest absolute Gasteiger partial charge is 0.489 e. The van der Waals surface area contributed by atoms with Gasteiger partial charge in [0.25, 0.3) is 0 Å². The van der Waals surface area contributed by atoms with Crippen molar-refractivity contribution in [3.63, 3.8) is 0 Å². The number of likely N-dealkylation sites (tertiary alicyclic amines) is 1. The van der Waals surface area contributed by atoms with Gasteiger partial charge in [0, 0.05) is 6.54 Å². The van der Waals surface area contributed by atoms with Crippen LogP contribution < -0.4 is 4.74 Å². The van der Waals surface area contributed by atoms with Crippen LogP contribution in [0, 0.1) is 0 Å². The highest BCUT2D eigenvalue weighted by Gasteiger charge is 2.18. The predicted octanol–water partition coefficient (Wildman–Crippen LogP) is 4.21. The molecule has 2 heteroatoms. The molecule has 2 nitrogen and oxygen atoms in total. The highest BCUT2D eigenvalue weighted by Crippen LogP contribution is 2.16. The molecule has 1 fully saturated rings. The van der Waals surface area contributed by atoms with E-state index in [1.165, 1.54) is 19.4 Å². The Kier molecular flexibility index (Phi) is 10.5. The SMILES string of the molecule is CC.CC.CN1CCCC(Oc2ccccc2)C1. The molecule has 0 aromatic heterocycles. The van der Waals surface area contributed by atoms with Gasteiger partial charge in [0.2, 0.25) is 0 Å². The molecule has 18 heavy (non-hydrogen) atoms. The van der Waals surface area contributed by atoms with Crippen molar-refractivity contribution >= 4 is 0 Å². The van der Waals surface area contributed by atoms with E-state index in [1.807, 2.05) is 58.0 Å². The maximum absolute atomic E-state index is 5.88. The molecule has 1 aromatic rings. The summed E-state index contributed by atoms with van der Waals surface area (Å²) in [6, 6.07) is 10.1. The second kappa shape index (κ2) is 11.1. The molecule has 0 spiro atoms. The zero-order valence-corrected chi connectivity index (χ0v) is 12.6. The highest BCUT2D eigenvalue weighted by molar-refractivity contribution is 5.21. The van der Waals surface area contributed by atoms with Crippen LogP contribution >= 0.6 is 0 Å². The van der Waals surface area contributed by atoms with Gasteiger partial charge in [-0.3, -0.25) is 0 Å². The number of rotatable bonds is 2. The second-order valence-electron chi connectivity index (χ2n) is 3.96. The van der Waals surface area contributed by atoms with Crippen LogP contribution in [0.2, 0.25) is 0 Å². The quantitative estimate of drug-likeness (QED) is 0.780. The molecule has 1 heterocycles. The van der Waals surface area contributed by atoms with Crippen molar-refractivity contribution in [3.05, 3.63) is 30.3 Å². The molecule has 104 valence electrons. The number of nitrogens with zero attached hydrogens (tertiary/aromatic N) is 1. The summed E-state index contributed by atoms with van der Waals surface area (Å²) < 4.78 is 5.88. The average Bonchev–Trinajstić information content (AvgIpc) is 2.44. The van der Waals surface area contributed by atoms with E-state index in [0.29, 0.717) is 6.10 Å². The molecular formula is C16H29NO. The molecule has 1 aliphatic rings. The molecule has 0 N–H and O–H groups in total. The summed E-state index contributed by atoms with van der Waals surface area (Å²) >= 11 is 0. The average molecular weight is 251 g/mol. The third-order valence-electron chi connectivity index (χ3n) is 2.63. The van der Waals surface area contributed by atoms with E-state index in [9.17, 15) is 0 Å². The number of para-hydroxylation sites is 1. The summed E-state index contributed by atoms with van der Waals surface area (Å²) in [6.07, 6.45) is 2.80. The second-order valence-corrected chi connectivity index (χ2v) is 3.96. The molecule has 1 aliphatic heterocycles. The zero-order valence-electron chi connectivity index (χ0n) is 12.6. The molecule has 0 amide bonds. The van der Waals surface area contributed by atoms with Gasteiger partial charge in [0.1, 0.15) is 11.9 Å². The third kappa shape index (κ3) is 6.65. The summed E-state index contributed by atoms with van der Waals surface area (Å²) in [6.45, 7) is 10.3. The number of benzene rings is 1. The van der Waals surface area contributed by atoms with Gasteiger partial charge in [-0.15, -0.1) is 0 Å². The summed E-state index contributed by atoms with van der Waals surface area (Å²) in [5.41, 5.74) is 0. The molecule has 0 saturated carbocycles. The van der Waals surface area contributed by atoms with E-state index in [2.05, 4.69) is 11.9 Å². The molecule has 1 saturated heterocycles. The Bertz CT molecular complexity index is 274. The van der Waals surface area contributed by atoms with Gasteiger partial charge in [0.05, 0.1) is 0 Å². The molecule has 1 aromatic carbocycles. The monoisotopic (exact) mass is 251 g/mol. The molecule has 1 atom stereocenters. The standard InChI is InChI=1S/C12H17NO.2C2H6/c1-13-9-5-8-12(10-13)14-11-6-3-2-4-7-11;2*1-2/h2-4,6-7,12H,5,8-10H2,1H3;2*1-2H3. The smallest absolute Gasteiger partial charge is 0.119 e. The van der Waals surface area contributed by atoms with Gasteiger partial charge in [0.15, 0.2) is 0 Å². The van der Waals surface area contributed by atoms with Crippen molar-refractivity contribution in [2.24, 2.45) is 0 Å². The number of likely N-dealkylation sites (N-methyl/N-ethyl adjacent to an activating group) is 1. The maximum Gasteiger partial charge on any atom is 0.119 e. The fraction of sp³-hybridized carbons (Fsp3) is 0.625. The summed E-state index contributed by atoms with van der Waals surface area (Å²) in [5, 5.41) is 0. The highest BCUT2D eigenvalue weighted by atomic mass is 16.5. The topological polar surface area (TPSA) is 12.5 Å². The number of piperidine rings is 1. The van der Waals surface area contributed by atoms with Crippen LogP contribution in [0.5, 0.6) is 5.75 Å². The lowest BCUT2D eigenvalue weighted by Crippen LogP contribution is -2.38. The first kappa shape index (κ1) is 17.0. The van der Waals surface area contributed by atoms with Crippen molar-refractivity contribution in [1.82, 2.24) is 4.90 Å². The van der Waals surface area contributed by atoms with Crippen molar-refractivity contribution < 1.29 is 4.74 Å². The Labute approximate surface area is 113 Å². The van der Waals surface area contributed by atoms with Crippen molar-refractivity contribution in [3.8, 4) is 5.75 Å². The van der Waals surface area contributed by atoms with Crippen LogP contribution in [0.4, 0.5) is 0 Å². The van der Waals surface area contributed by atoms with Gasteiger partial charge in [-0.25, -0.2) is 0 Å². The van der Waals surface area contributed by atoms with Crippen LogP contribution in [0.25, 0.3) is 0 Å². The van der Waals surface area contributed by atoms with E-state index >= 15 is 0 Å². The fourth-order valence-electron chi connectivity index (χ4n) is 1.91. The summed E-state index contributed by atoms with van der Waals surface area (Å²) in [4.78, 5) is 2.33. The molecule has 0 aliphatic carbocycles. The maximum atomic E-state index is 5.88. The van der Waals surface area contributed by atoms with Gasteiger partial charge in [-0.2, -0.15) is 0 Å². The molecule has 0 bridgehead atoms. The zero-order chi connectivity index (χ0) is 13.8. The predicted molar refractivity (Wildman–Crippen MR) is 80.3 cm³/mol. The first-order valence-corrected chi connectivity index (χ1v) is 7.25. The normalized spacial score (nSPS) is 18.8. The number of hydrogen-bond donors (Lipinski definition) is 0. The Morgan fingerprint density at radius 1 is 1.06 bits per heavy atom. The lowest BCUT2D eigenvalue weighted by molar-refractivity contribution is 0.104. The van der Waals surface area contributed by atoms with Crippen molar-refractivity contribution in [2.45, 2.75) is 46.6 Å². The molecular weight excluding hydrogens is 222 g/mol. The van der Waals surface area contributed by atoms with E-state index < -0.39 is 0 Å². The Morgan fingerprint density at radius 3 is 2.22 bits per heavy atom. The first-order chi connectivity index (χ1) is 8.84. The van der Waals surface area contributed by atoms with Crippen molar-refractivity contribution in [1.29, 1.82) is 0 Å². The Hall–Kier alpha value is -1.02. The van der Waals surface area contributed by atoms with Crippen LogP contribution in [0.1, 0.15) is 40.5 Å². The number of ether oxygens (including phenoxy) is 1. The third-order valence-corrected chi connectivity index (χ3v) is 2.63. The van der Waals surface area contributed by atoms with E-state index in [-0.39, 0.29) is 0 Å². The number of hydrogen-bond acceptors (Lipinski definition) is 2. The molecule has 1 unspecified atom stereocenters. The van der Waals surface area contributed by atoms with Gasteiger partial charge in [-0.1, -0.05) is 45.9 Å². The van der Waals surface area contributed by atoms with E-state index in [0.717, 1.165) is 12.3 Å². The van der Waals surface area contributed by atoms with Crippen LogP contribution in [-0.2, 0) is 0 Å². The van der Waals surface area contributed by atoms with Crippen LogP contribution in [-0.4, -0.2) is 31.1 Å². The van der Waals surface area contributed by atoms with E-state index in [4.69, 9.17) is 4.74 Å². The van der Waals surface area contributed by atoms with E-state index in [1.54, 1.807) is 0 Å². The minimum Gasteiger partial charge on any atom is -0.489 e. The Balaban J connectivity index is 0.000000659. The fourth-order valence-corrected chi connectivity index (χ4v) is 1.91. The molecule has 2 rings (SSSR count). The van der Waals surface area contributed by atoms with Crippen LogP contribution in [0.15, 0.2) is 30.3 Å². The minimum absolute atomic E-state index is 0.371. The van der Waals surface area contributed by atoms with Crippen molar-refractivity contribution in [2.75, 3.05) is 20.1 Å². The summed E-state index contributed by atoms with van der Waals surface area (Å²) in [7, 11) is 2.15.